The van der Waals surface area contributed by atoms with E-state index < -0.39 is 0 Å². The summed E-state index contributed by atoms with van der Waals surface area (Å²) in [5.41, 5.74) is 1.54. The molecule has 22 heavy (non-hydrogen) atoms. The van der Waals surface area contributed by atoms with Gasteiger partial charge < -0.3 is 5.32 Å². The van der Waals surface area contributed by atoms with Crippen molar-refractivity contribution in [3.8, 4) is 0 Å². The Bertz CT molecular complexity index is 447. The highest BCUT2D eigenvalue weighted by atomic mass is 32.2. The van der Waals surface area contributed by atoms with Gasteiger partial charge in [0, 0.05) is 41.9 Å². The van der Waals surface area contributed by atoms with E-state index >= 15 is 0 Å². The maximum atomic E-state index is 3.48. The molecule has 3 heteroatoms. The number of rotatable bonds is 6. The third-order valence-corrected chi connectivity index (χ3v) is 5.32. The standard InChI is InChI=1S/C19H32N2S/c1-5-6-10-17(21-14-12-20-13-15-21)16-9-7-8-11-18(16)22-19(2,3)4/h7-9,11,17,20H,5-6,10,12-15H2,1-4H3/t17-/m0/s1. The van der Waals surface area contributed by atoms with Crippen LogP contribution in [0.1, 0.15) is 58.6 Å². The van der Waals surface area contributed by atoms with Crippen molar-refractivity contribution in [1.82, 2.24) is 10.2 Å². The largest absolute Gasteiger partial charge is 0.314 e. The summed E-state index contributed by atoms with van der Waals surface area (Å²) in [5, 5.41) is 3.48. The monoisotopic (exact) mass is 320 g/mol. The zero-order valence-electron chi connectivity index (χ0n) is 14.7. The molecule has 124 valence electrons. The predicted molar refractivity (Wildman–Crippen MR) is 98.8 cm³/mol. The van der Waals surface area contributed by atoms with Crippen LogP contribution in [0.3, 0.4) is 0 Å². The van der Waals surface area contributed by atoms with Crippen LogP contribution in [0.5, 0.6) is 0 Å². The first-order valence-electron chi connectivity index (χ1n) is 8.74. The van der Waals surface area contributed by atoms with Crippen molar-refractivity contribution in [2.24, 2.45) is 0 Å². The van der Waals surface area contributed by atoms with Crippen LogP contribution in [0, 0.1) is 0 Å². The Morgan fingerprint density at radius 3 is 2.50 bits per heavy atom. The molecule has 1 aliphatic rings. The molecule has 1 saturated heterocycles. The fourth-order valence-corrected chi connectivity index (χ4v) is 4.23. The van der Waals surface area contributed by atoms with Gasteiger partial charge >= 0.3 is 0 Å². The van der Waals surface area contributed by atoms with E-state index in [4.69, 9.17) is 0 Å². The zero-order valence-corrected chi connectivity index (χ0v) is 15.5. The van der Waals surface area contributed by atoms with Crippen LogP contribution in [-0.2, 0) is 0 Å². The van der Waals surface area contributed by atoms with Crippen LogP contribution in [0.2, 0.25) is 0 Å². The first-order valence-corrected chi connectivity index (χ1v) is 9.55. The molecule has 1 fully saturated rings. The van der Waals surface area contributed by atoms with Gasteiger partial charge in [-0.15, -0.1) is 11.8 Å². The van der Waals surface area contributed by atoms with E-state index in [0.717, 1.165) is 13.1 Å². The fourth-order valence-electron chi connectivity index (χ4n) is 3.10. The van der Waals surface area contributed by atoms with Crippen LogP contribution < -0.4 is 5.32 Å². The predicted octanol–water partition coefficient (Wildman–Crippen LogP) is 4.71. The van der Waals surface area contributed by atoms with Gasteiger partial charge in [-0.25, -0.2) is 0 Å². The maximum absolute atomic E-state index is 3.48. The number of nitrogens with zero attached hydrogens (tertiary/aromatic N) is 1. The van der Waals surface area contributed by atoms with Gasteiger partial charge in [0.1, 0.15) is 0 Å². The van der Waals surface area contributed by atoms with E-state index in [9.17, 15) is 0 Å². The summed E-state index contributed by atoms with van der Waals surface area (Å²) in [6.07, 6.45) is 3.86. The Kier molecular flexibility index (Phi) is 6.79. The molecule has 1 atom stereocenters. The molecular formula is C19H32N2S. The Labute approximate surface area is 141 Å². The highest BCUT2D eigenvalue weighted by Crippen LogP contribution is 2.39. The summed E-state index contributed by atoms with van der Waals surface area (Å²) < 4.78 is 0.259. The first kappa shape index (κ1) is 17.8. The summed E-state index contributed by atoms with van der Waals surface area (Å²) in [5.74, 6) is 0. The van der Waals surface area contributed by atoms with Gasteiger partial charge in [0.15, 0.2) is 0 Å². The smallest absolute Gasteiger partial charge is 0.0360 e. The number of thioether (sulfide) groups is 1. The van der Waals surface area contributed by atoms with Crippen LogP contribution in [0.4, 0.5) is 0 Å². The molecule has 1 aromatic carbocycles. The molecule has 1 heterocycles. The molecule has 1 aliphatic heterocycles. The molecule has 0 unspecified atom stereocenters. The summed E-state index contributed by atoms with van der Waals surface area (Å²) in [7, 11) is 0. The summed E-state index contributed by atoms with van der Waals surface area (Å²) in [6, 6.07) is 9.64. The van der Waals surface area contributed by atoms with Crippen molar-refractivity contribution < 1.29 is 0 Å². The lowest BCUT2D eigenvalue weighted by Crippen LogP contribution is -2.45. The van der Waals surface area contributed by atoms with Gasteiger partial charge in [-0.3, -0.25) is 4.90 Å². The zero-order chi connectivity index (χ0) is 16.0. The maximum Gasteiger partial charge on any atom is 0.0360 e. The quantitative estimate of drug-likeness (QED) is 0.764. The molecule has 0 spiro atoms. The molecule has 2 nitrogen and oxygen atoms in total. The van der Waals surface area contributed by atoms with Crippen LogP contribution in [0.15, 0.2) is 29.2 Å². The molecule has 0 radical (unpaired) electrons. The summed E-state index contributed by atoms with van der Waals surface area (Å²) >= 11 is 2.01. The topological polar surface area (TPSA) is 15.3 Å². The van der Waals surface area contributed by atoms with E-state index in [-0.39, 0.29) is 4.75 Å². The van der Waals surface area contributed by atoms with Gasteiger partial charge in [0.25, 0.3) is 0 Å². The van der Waals surface area contributed by atoms with Gasteiger partial charge in [-0.05, 0) is 18.1 Å². The van der Waals surface area contributed by atoms with Gasteiger partial charge in [-0.1, -0.05) is 58.7 Å². The third-order valence-electron chi connectivity index (χ3n) is 4.12. The van der Waals surface area contributed by atoms with Crippen molar-refractivity contribution in [3.05, 3.63) is 29.8 Å². The summed E-state index contributed by atoms with van der Waals surface area (Å²) in [4.78, 5) is 4.16. The minimum Gasteiger partial charge on any atom is -0.314 e. The number of nitrogens with one attached hydrogen (secondary N) is 1. The van der Waals surface area contributed by atoms with Gasteiger partial charge in [0.2, 0.25) is 0 Å². The van der Waals surface area contributed by atoms with E-state index in [1.54, 1.807) is 0 Å². The molecule has 0 aromatic heterocycles. The van der Waals surface area contributed by atoms with Crippen LogP contribution >= 0.6 is 11.8 Å². The van der Waals surface area contributed by atoms with E-state index in [1.807, 2.05) is 11.8 Å². The van der Waals surface area contributed by atoms with Crippen molar-refractivity contribution in [1.29, 1.82) is 0 Å². The molecule has 0 aliphatic carbocycles. The molecule has 1 N–H and O–H groups in total. The second kappa shape index (κ2) is 8.37. The first-order chi connectivity index (χ1) is 10.5. The summed E-state index contributed by atoms with van der Waals surface area (Å²) in [6.45, 7) is 13.8. The minimum absolute atomic E-state index is 0.259. The van der Waals surface area contributed by atoms with Crippen LogP contribution in [-0.4, -0.2) is 35.8 Å². The average Bonchev–Trinajstić information content (AvgIpc) is 2.49. The Balaban J connectivity index is 2.25. The van der Waals surface area contributed by atoms with Crippen molar-refractivity contribution in [3.63, 3.8) is 0 Å². The highest BCUT2D eigenvalue weighted by Gasteiger charge is 2.25. The van der Waals surface area contributed by atoms with Gasteiger partial charge in [-0.2, -0.15) is 0 Å². The Morgan fingerprint density at radius 1 is 1.18 bits per heavy atom. The number of unbranched alkanes of at least 4 members (excludes halogenated alkanes) is 1. The molecule has 1 aromatic rings. The third kappa shape index (κ3) is 5.29. The lowest BCUT2D eigenvalue weighted by atomic mass is 9.98. The normalized spacial score (nSPS) is 18.4. The van der Waals surface area contributed by atoms with Crippen molar-refractivity contribution in [2.75, 3.05) is 26.2 Å². The second-order valence-corrected chi connectivity index (χ2v) is 9.06. The number of hydrogen-bond donors (Lipinski definition) is 1. The van der Waals surface area contributed by atoms with Crippen molar-refractivity contribution in [2.45, 2.75) is 62.6 Å². The molecular weight excluding hydrogens is 288 g/mol. The average molecular weight is 321 g/mol. The molecule has 2 rings (SSSR count). The fraction of sp³-hybridized carbons (Fsp3) is 0.684. The van der Waals surface area contributed by atoms with Crippen molar-refractivity contribution >= 4 is 11.8 Å². The lowest BCUT2D eigenvalue weighted by Gasteiger charge is -2.36. The minimum atomic E-state index is 0.259. The number of hydrogen-bond acceptors (Lipinski definition) is 3. The number of piperazine rings is 1. The molecule has 0 amide bonds. The Hall–Kier alpha value is -0.510. The van der Waals surface area contributed by atoms with E-state index in [2.05, 4.69) is 62.2 Å². The second-order valence-electron chi connectivity index (χ2n) is 7.20. The lowest BCUT2D eigenvalue weighted by molar-refractivity contribution is 0.161. The Morgan fingerprint density at radius 2 is 1.86 bits per heavy atom. The SMILES string of the molecule is CCCC[C@@H](c1ccccc1SC(C)(C)C)N1CCNCC1. The van der Waals surface area contributed by atoms with E-state index in [0.29, 0.717) is 6.04 Å². The van der Waals surface area contributed by atoms with Gasteiger partial charge in [0.05, 0.1) is 0 Å². The van der Waals surface area contributed by atoms with E-state index in [1.165, 1.54) is 42.8 Å². The molecule has 0 saturated carbocycles. The highest BCUT2D eigenvalue weighted by molar-refractivity contribution is 8.00. The molecule has 0 bridgehead atoms. The van der Waals surface area contributed by atoms with Crippen LogP contribution in [0.25, 0.3) is 0 Å². The number of benzene rings is 1.